The number of carbonyl (C=O) groups excluding carboxylic acids is 2. The van der Waals surface area contributed by atoms with Crippen LogP contribution in [0.15, 0.2) is 59.5 Å². The Morgan fingerprint density at radius 3 is 2.43 bits per heavy atom. The van der Waals surface area contributed by atoms with Crippen LogP contribution in [-0.2, 0) is 31.1 Å². The van der Waals surface area contributed by atoms with E-state index in [1.54, 1.807) is 17.0 Å². The quantitative estimate of drug-likeness (QED) is 0.501. The maximum absolute atomic E-state index is 13.9. The molecule has 2 aromatic carbocycles. The molecule has 2 aliphatic heterocycles. The Morgan fingerprint density at radius 1 is 1.08 bits per heavy atom. The SMILES string of the molecule is COc1ccc(S(=O)(=O)N2[C@H](C(=O)NOCc3ccccc3)CC3CCN(C(=O)CC(C)C)C[C@@H]32)cc1. The van der Waals surface area contributed by atoms with Crippen molar-refractivity contribution in [2.75, 3.05) is 20.2 Å². The number of rotatable bonds is 9. The Bertz CT molecular complexity index is 1190. The van der Waals surface area contributed by atoms with Gasteiger partial charge in [-0.05, 0) is 54.5 Å². The maximum Gasteiger partial charge on any atom is 0.262 e. The molecule has 10 heteroatoms. The minimum absolute atomic E-state index is 0.00865. The van der Waals surface area contributed by atoms with Crippen LogP contribution >= 0.6 is 0 Å². The normalized spacial score (nSPS) is 22.1. The molecule has 3 atom stereocenters. The highest BCUT2D eigenvalue weighted by Gasteiger charge is 2.52. The van der Waals surface area contributed by atoms with E-state index in [4.69, 9.17) is 9.57 Å². The number of hydrogen-bond acceptors (Lipinski definition) is 6. The van der Waals surface area contributed by atoms with Crippen LogP contribution in [0.3, 0.4) is 0 Å². The molecule has 9 nitrogen and oxygen atoms in total. The van der Waals surface area contributed by atoms with E-state index in [0.29, 0.717) is 31.6 Å². The lowest BCUT2D eigenvalue weighted by Gasteiger charge is -2.38. The van der Waals surface area contributed by atoms with Gasteiger partial charge in [0.1, 0.15) is 11.8 Å². The van der Waals surface area contributed by atoms with Crippen molar-refractivity contribution >= 4 is 21.8 Å². The Labute approximate surface area is 218 Å². The molecule has 2 saturated heterocycles. The van der Waals surface area contributed by atoms with Crippen molar-refractivity contribution in [2.45, 2.75) is 56.7 Å². The van der Waals surface area contributed by atoms with Gasteiger partial charge in [-0.1, -0.05) is 44.2 Å². The Morgan fingerprint density at radius 2 is 1.78 bits per heavy atom. The third kappa shape index (κ3) is 6.14. The number of ether oxygens (including phenoxy) is 1. The fraction of sp³-hybridized carbons (Fsp3) is 0.481. The van der Waals surface area contributed by atoms with Crippen molar-refractivity contribution < 1.29 is 27.6 Å². The zero-order chi connectivity index (χ0) is 26.6. The number of benzene rings is 2. The predicted octanol–water partition coefficient (Wildman–Crippen LogP) is 2.97. The highest BCUT2D eigenvalue weighted by molar-refractivity contribution is 7.89. The number of methoxy groups -OCH3 is 1. The van der Waals surface area contributed by atoms with Crippen LogP contribution in [0.5, 0.6) is 5.75 Å². The molecule has 200 valence electrons. The van der Waals surface area contributed by atoms with Gasteiger partial charge in [0.15, 0.2) is 0 Å². The summed E-state index contributed by atoms with van der Waals surface area (Å²) >= 11 is 0. The first kappa shape index (κ1) is 27.1. The largest absolute Gasteiger partial charge is 0.497 e. The molecule has 0 bridgehead atoms. The number of carbonyl (C=O) groups is 2. The van der Waals surface area contributed by atoms with Crippen LogP contribution in [0, 0.1) is 11.8 Å². The minimum Gasteiger partial charge on any atom is -0.497 e. The van der Waals surface area contributed by atoms with Crippen molar-refractivity contribution in [2.24, 2.45) is 11.8 Å². The Hall–Kier alpha value is -2.95. The molecular weight excluding hydrogens is 494 g/mol. The molecule has 2 amide bonds. The van der Waals surface area contributed by atoms with Gasteiger partial charge in [-0.3, -0.25) is 14.4 Å². The van der Waals surface area contributed by atoms with Crippen LogP contribution < -0.4 is 10.2 Å². The van der Waals surface area contributed by atoms with Gasteiger partial charge in [-0.25, -0.2) is 13.9 Å². The van der Waals surface area contributed by atoms with Crippen LogP contribution in [-0.4, -0.2) is 61.7 Å². The molecule has 2 fully saturated rings. The van der Waals surface area contributed by atoms with Gasteiger partial charge in [-0.2, -0.15) is 4.31 Å². The van der Waals surface area contributed by atoms with Crippen LogP contribution in [0.4, 0.5) is 0 Å². The van der Waals surface area contributed by atoms with Gasteiger partial charge in [0.2, 0.25) is 15.9 Å². The van der Waals surface area contributed by atoms with Gasteiger partial charge in [0.05, 0.1) is 18.6 Å². The topological polar surface area (TPSA) is 105 Å². The number of piperidine rings is 1. The summed E-state index contributed by atoms with van der Waals surface area (Å²) in [5.74, 6) is 0.191. The monoisotopic (exact) mass is 529 g/mol. The van der Waals surface area contributed by atoms with Crippen molar-refractivity contribution in [3.8, 4) is 5.75 Å². The number of fused-ring (bicyclic) bond motifs is 1. The molecule has 1 N–H and O–H groups in total. The summed E-state index contributed by atoms with van der Waals surface area (Å²) in [7, 11) is -2.55. The average molecular weight is 530 g/mol. The van der Waals surface area contributed by atoms with E-state index in [-0.39, 0.29) is 35.8 Å². The minimum atomic E-state index is -4.05. The molecule has 2 heterocycles. The first-order valence-corrected chi connectivity index (χ1v) is 14.1. The van der Waals surface area contributed by atoms with E-state index in [0.717, 1.165) is 5.56 Å². The van der Waals surface area contributed by atoms with Crippen molar-refractivity contribution in [1.82, 2.24) is 14.7 Å². The predicted molar refractivity (Wildman–Crippen MR) is 138 cm³/mol. The van der Waals surface area contributed by atoms with Gasteiger partial charge in [-0.15, -0.1) is 0 Å². The number of nitrogens with one attached hydrogen (secondary N) is 1. The molecule has 0 saturated carbocycles. The second-order valence-electron chi connectivity index (χ2n) is 10.1. The van der Waals surface area contributed by atoms with E-state index in [1.165, 1.54) is 23.5 Å². The van der Waals surface area contributed by atoms with Gasteiger partial charge >= 0.3 is 0 Å². The number of hydrogen-bond donors (Lipinski definition) is 1. The number of likely N-dealkylation sites (tertiary alicyclic amines) is 1. The van der Waals surface area contributed by atoms with E-state index in [9.17, 15) is 18.0 Å². The summed E-state index contributed by atoms with van der Waals surface area (Å²) in [5, 5.41) is 0. The maximum atomic E-state index is 13.9. The molecule has 2 aliphatic rings. The van der Waals surface area contributed by atoms with Crippen molar-refractivity contribution in [1.29, 1.82) is 0 Å². The van der Waals surface area contributed by atoms with Crippen LogP contribution in [0.2, 0.25) is 0 Å². The van der Waals surface area contributed by atoms with Gasteiger partial charge in [0.25, 0.3) is 5.91 Å². The summed E-state index contributed by atoms with van der Waals surface area (Å²) in [6.45, 7) is 4.95. The summed E-state index contributed by atoms with van der Waals surface area (Å²) in [6.07, 6.45) is 1.41. The van der Waals surface area contributed by atoms with E-state index < -0.39 is 28.0 Å². The van der Waals surface area contributed by atoms with Gasteiger partial charge in [0, 0.05) is 25.6 Å². The first-order chi connectivity index (χ1) is 17.7. The lowest BCUT2D eigenvalue weighted by Crippen LogP contribution is -2.54. The van der Waals surface area contributed by atoms with Crippen LogP contribution in [0.25, 0.3) is 0 Å². The van der Waals surface area contributed by atoms with E-state index in [1.807, 2.05) is 44.2 Å². The lowest BCUT2D eigenvalue weighted by molar-refractivity contribution is -0.138. The fourth-order valence-corrected chi connectivity index (χ4v) is 6.98. The number of nitrogens with zero attached hydrogens (tertiary/aromatic N) is 2. The highest BCUT2D eigenvalue weighted by Crippen LogP contribution is 2.40. The third-order valence-corrected chi connectivity index (χ3v) is 8.96. The summed E-state index contributed by atoms with van der Waals surface area (Å²) in [6, 6.07) is 14.1. The average Bonchev–Trinajstić information content (AvgIpc) is 3.29. The second kappa shape index (κ2) is 11.6. The summed E-state index contributed by atoms with van der Waals surface area (Å²) in [4.78, 5) is 33.4. The summed E-state index contributed by atoms with van der Waals surface area (Å²) in [5.41, 5.74) is 3.35. The molecular formula is C27H35N3O6S. The van der Waals surface area contributed by atoms with E-state index in [2.05, 4.69) is 5.48 Å². The summed E-state index contributed by atoms with van der Waals surface area (Å²) < 4.78 is 34.3. The van der Waals surface area contributed by atoms with Crippen molar-refractivity contribution in [3.05, 3.63) is 60.2 Å². The number of sulfonamides is 1. The highest BCUT2D eigenvalue weighted by atomic mass is 32.2. The van der Waals surface area contributed by atoms with Crippen LogP contribution in [0.1, 0.15) is 38.7 Å². The lowest BCUT2D eigenvalue weighted by atomic mass is 9.91. The molecule has 1 unspecified atom stereocenters. The Kier molecular flexibility index (Phi) is 8.51. The molecule has 0 aliphatic carbocycles. The molecule has 37 heavy (non-hydrogen) atoms. The standard InChI is InChI=1S/C27H35N3O6S/c1-19(2)15-26(31)29-14-13-21-16-24(27(32)28-36-18-20-7-5-4-6-8-20)30(25(21)17-29)37(33,34)23-11-9-22(35-3)10-12-23/h4-12,19,21,24-25H,13-18H2,1-3H3,(H,28,32)/t21?,24-,25-/m0/s1. The number of amides is 2. The zero-order valence-electron chi connectivity index (χ0n) is 21.5. The smallest absolute Gasteiger partial charge is 0.262 e. The molecule has 0 aromatic heterocycles. The van der Waals surface area contributed by atoms with Gasteiger partial charge < -0.3 is 9.64 Å². The second-order valence-corrected chi connectivity index (χ2v) is 11.9. The third-order valence-electron chi connectivity index (χ3n) is 7.01. The Balaban J connectivity index is 1.58. The molecule has 2 aromatic rings. The number of hydroxylamine groups is 1. The first-order valence-electron chi connectivity index (χ1n) is 12.6. The zero-order valence-corrected chi connectivity index (χ0v) is 22.3. The molecule has 0 spiro atoms. The van der Waals surface area contributed by atoms with Crippen molar-refractivity contribution in [3.63, 3.8) is 0 Å². The van der Waals surface area contributed by atoms with E-state index >= 15 is 0 Å². The fourth-order valence-electron chi connectivity index (χ4n) is 5.14. The molecule has 4 rings (SSSR count). The molecule has 0 radical (unpaired) electrons.